The Bertz CT molecular complexity index is 573. The van der Waals surface area contributed by atoms with Crippen LogP contribution in [0.5, 0.6) is 5.75 Å². The average Bonchev–Trinajstić information content (AvgIpc) is 2.65. The molecule has 0 spiro atoms. The quantitative estimate of drug-likeness (QED) is 0.915. The Kier molecular flexibility index (Phi) is 3.79. The van der Waals surface area contributed by atoms with Crippen LogP contribution in [0.4, 0.5) is 5.82 Å². The summed E-state index contributed by atoms with van der Waals surface area (Å²) in [5.74, 6) is 2.49. The zero-order valence-corrected chi connectivity index (χ0v) is 12.0. The Hall–Kier alpha value is -1.97. The maximum atomic E-state index is 6.22. The highest BCUT2D eigenvalue weighted by molar-refractivity contribution is 5.72. The number of ether oxygens (including phenoxy) is 1. The van der Waals surface area contributed by atoms with Crippen LogP contribution < -0.4 is 10.5 Å². The SMILES string of the molecule is CCOc1cccc(-c2nc(C)n(C(C)C)c2N)c1. The van der Waals surface area contributed by atoms with Gasteiger partial charge in [-0.25, -0.2) is 4.98 Å². The van der Waals surface area contributed by atoms with E-state index in [0.717, 1.165) is 22.8 Å². The Morgan fingerprint density at radius 3 is 2.68 bits per heavy atom. The molecule has 4 heteroatoms. The zero-order chi connectivity index (χ0) is 14.0. The molecule has 2 rings (SSSR count). The van der Waals surface area contributed by atoms with Crippen LogP contribution in [0.15, 0.2) is 24.3 Å². The van der Waals surface area contributed by atoms with Gasteiger partial charge in [0.2, 0.25) is 0 Å². The summed E-state index contributed by atoms with van der Waals surface area (Å²) in [5, 5.41) is 0. The molecule has 0 amide bonds. The van der Waals surface area contributed by atoms with Crippen LogP contribution in [0, 0.1) is 6.92 Å². The van der Waals surface area contributed by atoms with Gasteiger partial charge < -0.3 is 15.0 Å². The highest BCUT2D eigenvalue weighted by atomic mass is 16.5. The van der Waals surface area contributed by atoms with Crippen LogP contribution in [-0.4, -0.2) is 16.2 Å². The fraction of sp³-hybridized carbons (Fsp3) is 0.400. The predicted molar refractivity (Wildman–Crippen MR) is 78.4 cm³/mol. The van der Waals surface area contributed by atoms with E-state index in [-0.39, 0.29) is 0 Å². The van der Waals surface area contributed by atoms with Crippen molar-refractivity contribution in [1.29, 1.82) is 0 Å². The molecule has 102 valence electrons. The normalized spacial score (nSPS) is 11.0. The average molecular weight is 259 g/mol. The maximum absolute atomic E-state index is 6.22. The van der Waals surface area contributed by atoms with Crippen molar-refractivity contribution in [2.24, 2.45) is 0 Å². The summed E-state index contributed by atoms with van der Waals surface area (Å²) in [5.41, 5.74) is 8.04. The van der Waals surface area contributed by atoms with Gasteiger partial charge in [-0.2, -0.15) is 0 Å². The van der Waals surface area contributed by atoms with Gasteiger partial charge in [0.15, 0.2) is 0 Å². The lowest BCUT2D eigenvalue weighted by atomic mass is 10.1. The minimum absolute atomic E-state index is 0.302. The van der Waals surface area contributed by atoms with Gasteiger partial charge in [0.05, 0.1) is 6.61 Å². The predicted octanol–water partition coefficient (Wildman–Crippen LogP) is 3.42. The summed E-state index contributed by atoms with van der Waals surface area (Å²) < 4.78 is 7.56. The first kappa shape index (κ1) is 13.5. The molecule has 0 saturated carbocycles. The van der Waals surface area contributed by atoms with E-state index in [0.29, 0.717) is 18.5 Å². The number of nitrogens with zero attached hydrogens (tertiary/aromatic N) is 2. The van der Waals surface area contributed by atoms with Gasteiger partial charge in [-0.15, -0.1) is 0 Å². The van der Waals surface area contributed by atoms with Crippen LogP contribution in [-0.2, 0) is 0 Å². The molecule has 0 bridgehead atoms. The molecular weight excluding hydrogens is 238 g/mol. The number of hydrogen-bond acceptors (Lipinski definition) is 3. The summed E-state index contributed by atoms with van der Waals surface area (Å²) >= 11 is 0. The van der Waals surface area contributed by atoms with E-state index in [1.165, 1.54) is 0 Å². The molecule has 0 fully saturated rings. The van der Waals surface area contributed by atoms with Crippen molar-refractivity contribution in [2.75, 3.05) is 12.3 Å². The van der Waals surface area contributed by atoms with Gasteiger partial charge in [-0.1, -0.05) is 12.1 Å². The molecule has 1 aromatic heterocycles. The van der Waals surface area contributed by atoms with Crippen molar-refractivity contribution in [2.45, 2.75) is 33.7 Å². The molecule has 0 radical (unpaired) electrons. The van der Waals surface area contributed by atoms with Crippen LogP contribution in [0.1, 0.15) is 32.6 Å². The molecule has 1 heterocycles. The van der Waals surface area contributed by atoms with E-state index in [4.69, 9.17) is 10.5 Å². The van der Waals surface area contributed by atoms with Crippen molar-refractivity contribution in [3.05, 3.63) is 30.1 Å². The largest absolute Gasteiger partial charge is 0.494 e. The third-order valence-corrected chi connectivity index (χ3v) is 3.06. The Labute approximate surface area is 114 Å². The molecule has 2 aromatic rings. The van der Waals surface area contributed by atoms with Gasteiger partial charge in [0.1, 0.15) is 23.1 Å². The number of anilines is 1. The first-order valence-electron chi connectivity index (χ1n) is 6.62. The highest BCUT2D eigenvalue weighted by Crippen LogP contribution is 2.30. The molecular formula is C15H21N3O. The van der Waals surface area contributed by atoms with Gasteiger partial charge >= 0.3 is 0 Å². The maximum Gasteiger partial charge on any atom is 0.131 e. The number of rotatable bonds is 4. The third kappa shape index (κ3) is 2.57. The van der Waals surface area contributed by atoms with E-state index in [9.17, 15) is 0 Å². The molecule has 0 saturated heterocycles. The second-order valence-corrected chi connectivity index (χ2v) is 4.82. The lowest BCUT2D eigenvalue weighted by molar-refractivity contribution is 0.340. The number of nitrogen functional groups attached to an aromatic ring is 1. The summed E-state index contributed by atoms with van der Waals surface area (Å²) in [4.78, 5) is 4.59. The van der Waals surface area contributed by atoms with Gasteiger partial charge in [-0.05, 0) is 39.8 Å². The second kappa shape index (κ2) is 5.34. The van der Waals surface area contributed by atoms with Gasteiger partial charge in [0.25, 0.3) is 0 Å². The van der Waals surface area contributed by atoms with Crippen LogP contribution in [0.3, 0.4) is 0 Å². The number of nitrogens with two attached hydrogens (primary N) is 1. The van der Waals surface area contributed by atoms with Crippen molar-refractivity contribution in [3.8, 4) is 17.0 Å². The number of imidazole rings is 1. The van der Waals surface area contributed by atoms with Crippen molar-refractivity contribution >= 4 is 5.82 Å². The van der Waals surface area contributed by atoms with Crippen molar-refractivity contribution < 1.29 is 4.74 Å². The highest BCUT2D eigenvalue weighted by Gasteiger charge is 2.15. The first-order chi connectivity index (χ1) is 9.04. The minimum atomic E-state index is 0.302. The van der Waals surface area contributed by atoms with Gasteiger partial charge in [-0.3, -0.25) is 0 Å². The number of aryl methyl sites for hydroxylation is 1. The molecule has 0 aliphatic rings. The summed E-state index contributed by atoms with van der Waals surface area (Å²) in [7, 11) is 0. The number of hydrogen-bond donors (Lipinski definition) is 1. The molecule has 19 heavy (non-hydrogen) atoms. The summed E-state index contributed by atoms with van der Waals surface area (Å²) in [6, 6.07) is 8.19. The minimum Gasteiger partial charge on any atom is -0.494 e. The standard InChI is InChI=1S/C15H21N3O/c1-5-19-13-8-6-7-12(9-13)14-15(16)18(10(2)3)11(4)17-14/h6-10H,5,16H2,1-4H3. The van der Waals surface area contributed by atoms with Crippen LogP contribution >= 0.6 is 0 Å². The lowest BCUT2D eigenvalue weighted by Crippen LogP contribution is -2.07. The van der Waals surface area contributed by atoms with Crippen LogP contribution in [0.2, 0.25) is 0 Å². The molecule has 0 atom stereocenters. The van der Waals surface area contributed by atoms with Crippen molar-refractivity contribution in [3.63, 3.8) is 0 Å². The number of aromatic nitrogens is 2. The molecule has 0 aliphatic carbocycles. The third-order valence-electron chi connectivity index (χ3n) is 3.06. The topological polar surface area (TPSA) is 53.1 Å². The van der Waals surface area contributed by atoms with E-state index in [1.54, 1.807) is 0 Å². The Balaban J connectivity index is 2.47. The fourth-order valence-corrected chi connectivity index (χ4v) is 2.33. The van der Waals surface area contributed by atoms with Crippen LogP contribution in [0.25, 0.3) is 11.3 Å². The smallest absolute Gasteiger partial charge is 0.131 e. The molecule has 1 aromatic carbocycles. The van der Waals surface area contributed by atoms with Crippen molar-refractivity contribution in [1.82, 2.24) is 9.55 Å². The zero-order valence-electron chi connectivity index (χ0n) is 12.0. The van der Waals surface area contributed by atoms with Gasteiger partial charge in [0, 0.05) is 11.6 Å². The second-order valence-electron chi connectivity index (χ2n) is 4.82. The van der Waals surface area contributed by atoms with E-state index in [1.807, 2.05) is 42.7 Å². The fourth-order valence-electron chi connectivity index (χ4n) is 2.33. The Morgan fingerprint density at radius 1 is 1.37 bits per heavy atom. The molecule has 2 N–H and O–H groups in total. The molecule has 0 aliphatic heterocycles. The monoisotopic (exact) mass is 259 g/mol. The van der Waals surface area contributed by atoms with E-state index >= 15 is 0 Å². The number of benzene rings is 1. The van der Waals surface area contributed by atoms with E-state index in [2.05, 4.69) is 18.8 Å². The van der Waals surface area contributed by atoms with E-state index < -0.39 is 0 Å². The first-order valence-corrected chi connectivity index (χ1v) is 6.62. The lowest BCUT2D eigenvalue weighted by Gasteiger charge is -2.11. The Morgan fingerprint density at radius 2 is 2.11 bits per heavy atom. The molecule has 4 nitrogen and oxygen atoms in total. The molecule has 0 unspecified atom stereocenters. The summed E-state index contributed by atoms with van der Waals surface area (Å²) in [6.07, 6.45) is 0. The summed E-state index contributed by atoms with van der Waals surface area (Å²) in [6.45, 7) is 8.81.